The van der Waals surface area contributed by atoms with E-state index in [0.717, 1.165) is 48.3 Å². The van der Waals surface area contributed by atoms with Crippen molar-refractivity contribution in [3.05, 3.63) is 57.1 Å². The van der Waals surface area contributed by atoms with E-state index in [1.807, 2.05) is 24.4 Å². The normalized spacial score (nSPS) is 18.1. The van der Waals surface area contributed by atoms with Gasteiger partial charge in [0, 0.05) is 40.0 Å². The summed E-state index contributed by atoms with van der Waals surface area (Å²) in [5, 5.41) is 1.30. The summed E-state index contributed by atoms with van der Waals surface area (Å²) in [4.78, 5) is 9.15. The Balaban J connectivity index is 1.92. The summed E-state index contributed by atoms with van der Waals surface area (Å²) in [5.74, 6) is 0.748. The number of halogens is 2. The van der Waals surface area contributed by atoms with Crippen LogP contribution in [0.3, 0.4) is 0 Å². The average molecular weight is 322 g/mol. The molecule has 3 nitrogen and oxygen atoms in total. The molecule has 3 rings (SSSR count). The Kier molecular flexibility index (Phi) is 4.43. The fourth-order valence-corrected chi connectivity index (χ4v) is 3.27. The minimum absolute atomic E-state index is 0.0560. The highest BCUT2D eigenvalue weighted by Gasteiger charge is 2.18. The molecule has 0 radical (unpaired) electrons. The second-order valence-corrected chi connectivity index (χ2v) is 6.23. The molecule has 0 bridgehead atoms. The standard InChI is InChI=1S/C16H17Cl2N3/c17-12-4-3-5-13(18)10(12)8-16-20-9-11-14(19)6-1-2-7-15(11)21-16/h3-5,9,14H,1-2,6-8,19H2. The van der Waals surface area contributed by atoms with Gasteiger partial charge in [-0.3, -0.25) is 0 Å². The highest BCUT2D eigenvalue weighted by Crippen LogP contribution is 2.28. The Bertz CT molecular complexity index is 638. The van der Waals surface area contributed by atoms with Crippen LogP contribution in [-0.4, -0.2) is 9.97 Å². The van der Waals surface area contributed by atoms with E-state index >= 15 is 0 Å². The molecule has 0 spiro atoms. The number of benzene rings is 1. The molecule has 0 aliphatic heterocycles. The summed E-state index contributed by atoms with van der Waals surface area (Å²) in [6.45, 7) is 0. The third-order valence-corrected chi connectivity index (χ3v) is 4.63. The number of rotatable bonds is 2. The predicted octanol–water partition coefficient (Wildman–Crippen LogP) is 4.10. The number of nitrogens with two attached hydrogens (primary N) is 1. The first-order chi connectivity index (χ1) is 10.1. The Morgan fingerprint density at radius 1 is 1.19 bits per heavy atom. The van der Waals surface area contributed by atoms with Crippen molar-refractivity contribution in [2.75, 3.05) is 0 Å². The van der Waals surface area contributed by atoms with E-state index in [1.165, 1.54) is 0 Å². The van der Waals surface area contributed by atoms with Crippen molar-refractivity contribution >= 4 is 23.2 Å². The van der Waals surface area contributed by atoms with E-state index in [0.29, 0.717) is 16.5 Å². The van der Waals surface area contributed by atoms with Crippen molar-refractivity contribution in [3.8, 4) is 0 Å². The molecule has 1 heterocycles. The van der Waals surface area contributed by atoms with Crippen molar-refractivity contribution in [2.24, 2.45) is 5.73 Å². The van der Waals surface area contributed by atoms with Crippen LogP contribution in [0.15, 0.2) is 24.4 Å². The van der Waals surface area contributed by atoms with Gasteiger partial charge >= 0.3 is 0 Å². The van der Waals surface area contributed by atoms with Gasteiger partial charge in [0.2, 0.25) is 0 Å². The lowest BCUT2D eigenvalue weighted by molar-refractivity contribution is 0.614. The van der Waals surface area contributed by atoms with Crippen LogP contribution in [-0.2, 0) is 12.8 Å². The molecule has 21 heavy (non-hydrogen) atoms. The van der Waals surface area contributed by atoms with Gasteiger partial charge in [0.25, 0.3) is 0 Å². The zero-order valence-electron chi connectivity index (χ0n) is 11.6. The lowest BCUT2D eigenvalue weighted by atomic mass is 10.1. The smallest absolute Gasteiger partial charge is 0.133 e. The Morgan fingerprint density at radius 2 is 1.95 bits per heavy atom. The third kappa shape index (κ3) is 3.20. The molecule has 1 aromatic heterocycles. The van der Waals surface area contributed by atoms with E-state index in [9.17, 15) is 0 Å². The largest absolute Gasteiger partial charge is 0.324 e. The molecule has 1 aromatic carbocycles. The number of hydrogen-bond donors (Lipinski definition) is 1. The molecule has 0 fully saturated rings. The van der Waals surface area contributed by atoms with Crippen molar-refractivity contribution in [2.45, 2.75) is 38.1 Å². The van der Waals surface area contributed by atoms with Crippen LogP contribution in [0, 0.1) is 0 Å². The zero-order valence-corrected chi connectivity index (χ0v) is 13.2. The number of fused-ring (bicyclic) bond motifs is 1. The Labute approximate surface area is 134 Å². The van der Waals surface area contributed by atoms with Crippen molar-refractivity contribution in [1.29, 1.82) is 0 Å². The third-order valence-electron chi connectivity index (χ3n) is 3.92. The summed E-state index contributed by atoms with van der Waals surface area (Å²) in [7, 11) is 0. The van der Waals surface area contributed by atoms with E-state index in [-0.39, 0.29) is 6.04 Å². The first kappa shape index (κ1) is 14.8. The second kappa shape index (κ2) is 6.30. The van der Waals surface area contributed by atoms with Crippen LogP contribution in [0.1, 0.15) is 47.9 Å². The van der Waals surface area contributed by atoms with Crippen molar-refractivity contribution < 1.29 is 0 Å². The van der Waals surface area contributed by atoms with Gasteiger partial charge in [0.15, 0.2) is 0 Å². The van der Waals surface area contributed by atoms with E-state index in [1.54, 1.807) is 0 Å². The maximum Gasteiger partial charge on any atom is 0.133 e. The minimum atomic E-state index is 0.0560. The van der Waals surface area contributed by atoms with Gasteiger partial charge in [-0.15, -0.1) is 0 Å². The quantitative estimate of drug-likeness (QED) is 0.847. The maximum absolute atomic E-state index is 6.21. The Morgan fingerprint density at radius 3 is 2.71 bits per heavy atom. The summed E-state index contributed by atoms with van der Waals surface area (Å²) in [6, 6.07) is 5.57. The molecule has 0 saturated carbocycles. The molecule has 1 aliphatic carbocycles. The molecule has 5 heteroatoms. The van der Waals surface area contributed by atoms with Crippen LogP contribution in [0.4, 0.5) is 0 Å². The minimum Gasteiger partial charge on any atom is -0.324 e. The molecular weight excluding hydrogens is 305 g/mol. The lowest BCUT2D eigenvalue weighted by Gasteiger charge is -2.13. The number of aromatic nitrogens is 2. The van der Waals surface area contributed by atoms with Gasteiger partial charge in [-0.1, -0.05) is 35.7 Å². The van der Waals surface area contributed by atoms with Crippen LogP contribution >= 0.6 is 23.2 Å². The molecule has 2 N–H and O–H groups in total. The van der Waals surface area contributed by atoms with E-state index in [4.69, 9.17) is 33.9 Å². The van der Waals surface area contributed by atoms with Crippen molar-refractivity contribution in [1.82, 2.24) is 9.97 Å². The van der Waals surface area contributed by atoms with Gasteiger partial charge in [-0.2, -0.15) is 0 Å². The monoisotopic (exact) mass is 321 g/mol. The summed E-state index contributed by atoms with van der Waals surface area (Å²) in [5.41, 5.74) is 9.21. The van der Waals surface area contributed by atoms with Gasteiger partial charge < -0.3 is 5.73 Å². The molecule has 1 aliphatic rings. The SMILES string of the molecule is NC1CCCCc2nc(Cc3c(Cl)cccc3Cl)ncc21. The number of hydrogen-bond acceptors (Lipinski definition) is 3. The fourth-order valence-electron chi connectivity index (χ4n) is 2.73. The molecule has 110 valence electrons. The van der Waals surface area contributed by atoms with E-state index in [2.05, 4.69) is 4.98 Å². The number of nitrogens with zero attached hydrogens (tertiary/aromatic N) is 2. The Hall–Kier alpha value is -1.16. The summed E-state index contributed by atoms with van der Waals surface area (Å²) >= 11 is 12.4. The predicted molar refractivity (Wildman–Crippen MR) is 85.8 cm³/mol. The van der Waals surface area contributed by atoms with E-state index < -0.39 is 0 Å². The van der Waals surface area contributed by atoms with Gasteiger partial charge in [-0.25, -0.2) is 9.97 Å². The first-order valence-corrected chi connectivity index (χ1v) is 7.94. The number of aryl methyl sites for hydroxylation is 1. The van der Waals surface area contributed by atoms with Gasteiger partial charge in [0.1, 0.15) is 5.82 Å². The van der Waals surface area contributed by atoms with Gasteiger partial charge in [-0.05, 0) is 37.0 Å². The topological polar surface area (TPSA) is 51.8 Å². The summed E-state index contributed by atoms with van der Waals surface area (Å²) < 4.78 is 0. The lowest BCUT2D eigenvalue weighted by Crippen LogP contribution is -2.13. The highest BCUT2D eigenvalue weighted by molar-refractivity contribution is 6.36. The summed E-state index contributed by atoms with van der Waals surface area (Å²) in [6.07, 6.45) is 6.66. The highest BCUT2D eigenvalue weighted by atomic mass is 35.5. The molecule has 1 unspecified atom stereocenters. The fraction of sp³-hybridized carbons (Fsp3) is 0.375. The molecule has 0 amide bonds. The second-order valence-electron chi connectivity index (χ2n) is 5.42. The molecule has 1 atom stereocenters. The van der Waals surface area contributed by atoms with Crippen molar-refractivity contribution in [3.63, 3.8) is 0 Å². The van der Waals surface area contributed by atoms with Crippen LogP contribution in [0.5, 0.6) is 0 Å². The van der Waals surface area contributed by atoms with Crippen LogP contribution in [0.2, 0.25) is 10.0 Å². The molecule has 2 aromatic rings. The van der Waals surface area contributed by atoms with Crippen LogP contribution < -0.4 is 5.73 Å². The van der Waals surface area contributed by atoms with Gasteiger partial charge in [0.05, 0.1) is 0 Å². The average Bonchev–Trinajstić information content (AvgIpc) is 2.65. The van der Waals surface area contributed by atoms with Crippen LogP contribution in [0.25, 0.3) is 0 Å². The zero-order chi connectivity index (χ0) is 14.8. The maximum atomic E-state index is 6.21. The molecular formula is C16H17Cl2N3. The first-order valence-electron chi connectivity index (χ1n) is 7.18. The molecule has 0 saturated heterocycles.